The van der Waals surface area contributed by atoms with Gasteiger partial charge in [-0.15, -0.1) is 5.06 Å². The summed E-state index contributed by atoms with van der Waals surface area (Å²) < 4.78 is 0. The van der Waals surface area contributed by atoms with Crippen LogP contribution < -0.4 is 5.73 Å². The summed E-state index contributed by atoms with van der Waals surface area (Å²) in [7, 11) is 0. The zero-order valence-electron chi connectivity index (χ0n) is 10.2. The molecule has 0 aromatic carbocycles. The first-order valence-electron chi connectivity index (χ1n) is 5.62. The summed E-state index contributed by atoms with van der Waals surface area (Å²) >= 11 is 0. The van der Waals surface area contributed by atoms with E-state index in [0.717, 1.165) is 12.8 Å². The molecular weight excluding hydrogens is 206 g/mol. The van der Waals surface area contributed by atoms with Gasteiger partial charge >= 0.3 is 5.97 Å². The average Bonchev–Trinajstić information content (AvgIpc) is 2.17. The van der Waals surface area contributed by atoms with Gasteiger partial charge in [0, 0.05) is 19.0 Å². The van der Waals surface area contributed by atoms with Gasteiger partial charge in [0.15, 0.2) is 0 Å². The maximum absolute atomic E-state index is 11.6. The number of hydrogen-bond donors (Lipinski definition) is 2. The Morgan fingerprint density at radius 3 is 2.25 bits per heavy atom. The topological polar surface area (TPSA) is 79.4 Å². The summed E-state index contributed by atoms with van der Waals surface area (Å²) in [5.74, 6) is 0.167. The number of hydrogen-bond acceptors (Lipinski definition) is 4. The van der Waals surface area contributed by atoms with E-state index >= 15 is 0 Å². The van der Waals surface area contributed by atoms with E-state index in [9.17, 15) is 4.79 Å². The smallest absolute Gasteiger partial charge is 0.330 e. The lowest BCUT2D eigenvalue weighted by atomic mass is 9.96. The van der Waals surface area contributed by atoms with E-state index in [1.807, 2.05) is 20.8 Å². The van der Waals surface area contributed by atoms with Crippen molar-refractivity contribution in [2.75, 3.05) is 13.1 Å². The Bertz CT molecular complexity index is 275. The first-order chi connectivity index (χ1) is 7.30. The van der Waals surface area contributed by atoms with E-state index in [4.69, 9.17) is 16.0 Å². The van der Waals surface area contributed by atoms with E-state index in [1.165, 1.54) is 0 Å². The molecule has 0 aliphatic carbocycles. The molecule has 5 heteroatoms. The van der Waals surface area contributed by atoms with Crippen LogP contribution in [-0.2, 0) is 9.63 Å². The number of rotatable bonds is 2. The minimum Gasteiger partial charge on any atom is -0.387 e. The molecule has 16 heavy (non-hydrogen) atoms. The first kappa shape index (κ1) is 13.0. The van der Waals surface area contributed by atoms with E-state index in [1.54, 1.807) is 5.06 Å². The van der Waals surface area contributed by atoms with Crippen molar-refractivity contribution in [3.8, 4) is 0 Å². The zero-order valence-corrected chi connectivity index (χ0v) is 10.2. The van der Waals surface area contributed by atoms with Gasteiger partial charge in [0.1, 0.15) is 0 Å². The van der Waals surface area contributed by atoms with Gasteiger partial charge in [-0.1, -0.05) is 0 Å². The second-order valence-corrected chi connectivity index (χ2v) is 5.29. The van der Waals surface area contributed by atoms with Gasteiger partial charge in [0.05, 0.1) is 11.3 Å². The molecule has 1 fully saturated rings. The number of amidine groups is 1. The van der Waals surface area contributed by atoms with Crippen LogP contribution in [0.5, 0.6) is 0 Å². The van der Waals surface area contributed by atoms with Crippen molar-refractivity contribution < 1.29 is 9.63 Å². The lowest BCUT2D eigenvalue weighted by Gasteiger charge is -2.31. The highest BCUT2D eigenvalue weighted by Crippen LogP contribution is 2.20. The van der Waals surface area contributed by atoms with Crippen LogP contribution in [0.25, 0.3) is 0 Å². The van der Waals surface area contributed by atoms with Gasteiger partial charge in [-0.05, 0) is 33.6 Å². The largest absolute Gasteiger partial charge is 0.387 e. The molecule has 0 aromatic rings. The monoisotopic (exact) mass is 227 g/mol. The molecule has 0 atom stereocenters. The molecule has 1 rings (SSSR count). The number of nitrogens with two attached hydrogens (primary N) is 1. The number of piperidine rings is 1. The van der Waals surface area contributed by atoms with Gasteiger partial charge in [0.25, 0.3) is 0 Å². The van der Waals surface area contributed by atoms with Crippen LogP contribution in [0.15, 0.2) is 0 Å². The van der Waals surface area contributed by atoms with E-state index in [2.05, 4.69) is 0 Å². The number of carbonyl (C=O) groups excluding carboxylic acids is 1. The molecule has 5 nitrogen and oxygen atoms in total. The molecule has 3 N–H and O–H groups in total. The molecule has 0 unspecified atom stereocenters. The summed E-state index contributed by atoms with van der Waals surface area (Å²) in [6.07, 6.45) is 1.57. The normalized spacial score (nSPS) is 19.4. The van der Waals surface area contributed by atoms with Crippen LogP contribution in [0.2, 0.25) is 0 Å². The lowest BCUT2D eigenvalue weighted by molar-refractivity contribution is -0.204. The van der Waals surface area contributed by atoms with Crippen LogP contribution in [0.4, 0.5) is 0 Å². The molecule has 1 saturated heterocycles. The van der Waals surface area contributed by atoms with Gasteiger partial charge in [0.2, 0.25) is 0 Å². The fourth-order valence-electron chi connectivity index (χ4n) is 1.51. The number of nitrogens with zero attached hydrogens (tertiary/aromatic N) is 1. The highest BCUT2D eigenvalue weighted by atomic mass is 16.7. The van der Waals surface area contributed by atoms with Crippen molar-refractivity contribution in [3.63, 3.8) is 0 Å². The standard InChI is InChI=1S/C11H21N3O2/c1-11(2,3)10(15)16-14-6-4-8(5-7-14)9(12)13/h8H,4-7H2,1-3H3,(H3,12,13). The highest BCUT2D eigenvalue weighted by molar-refractivity contribution is 5.79. The average molecular weight is 227 g/mol. The third kappa shape index (κ3) is 3.48. The van der Waals surface area contributed by atoms with Crippen molar-refractivity contribution in [1.82, 2.24) is 5.06 Å². The molecule has 0 bridgehead atoms. The van der Waals surface area contributed by atoms with Gasteiger partial charge < -0.3 is 10.6 Å². The SMILES string of the molecule is CC(C)(C)C(=O)ON1CCC(C(=N)N)CC1. The van der Waals surface area contributed by atoms with Gasteiger partial charge in [-0.25, -0.2) is 4.79 Å². The molecule has 0 amide bonds. The Kier molecular flexibility index (Phi) is 3.91. The molecule has 0 saturated carbocycles. The van der Waals surface area contributed by atoms with Crippen molar-refractivity contribution >= 4 is 11.8 Å². The highest BCUT2D eigenvalue weighted by Gasteiger charge is 2.28. The van der Waals surface area contributed by atoms with Crippen LogP contribution in [0, 0.1) is 16.7 Å². The lowest BCUT2D eigenvalue weighted by Crippen LogP contribution is -2.41. The predicted octanol–water partition coefficient (Wildman–Crippen LogP) is 1.14. The Hall–Kier alpha value is -1.10. The molecule has 92 valence electrons. The van der Waals surface area contributed by atoms with Crippen LogP contribution in [0.1, 0.15) is 33.6 Å². The zero-order chi connectivity index (χ0) is 12.3. The Morgan fingerprint density at radius 1 is 1.38 bits per heavy atom. The Labute approximate surface area is 96.4 Å². The quantitative estimate of drug-likeness (QED) is 0.547. The number of carbonyl (C=O) groups is 1. The molecule has 0 radical (unpaired) electrons. The number of nitrogens with one attached hydrogen (secondary N) is 1. The van der Waals surface area contributed by atoms with Gasteiger partial charge in [-0.2, -0.15) is 0 Å². The van der Waals surface area contributed by atoms with Crippen molar-refractivity contribution in [1.29, 1.82) is 5.41 Å². The van der Waals surface area contributed by atoms with Crippen molar-refractivity contribution in [3.05, 3.63) is 0 Å². The second kappa shape index (κ2) is 4.82. The Balaban J connectivity index is 2.38. The van der Waals surface area contributed by atoms with Crippen LogP contribution in [0.3, 0.4) is 0 Å². The van der Waals surface area contributed by atoms with E-state index in [-0.39, 0.29) is 17.7 Å². The fraction of sp³-hybridized carbons (Fsp3) is 0.818. The van der Waals surface area contributed by atoms with E-state index < -0.39 is 5.41 Å². The minimum absolute atomic E-state index is 0.143. The van der Waals surface area contributed by atoms with Crippen LogP contribution in [-0.4, -0.2) is 30.0 Å². The molecule has 0 spiro atoms. The summed E-state index contributed by atoms with van der Waals surface area (Å²) in [5, 5.41) is 9.02. The third-order valence-electron chi connectivity index (χ3n) is 2.72. The van der Waals surface area contributed by atoms with Crippen molar-refractivity contribution in [2.24, 2.45) is 17.1 Å². The third-order valence-corrected chi connectivity index (χ3v) is 2.72. The number of hydroxylamine groups is 2. The maximum Gasteiger partial charge on any atom is 0.330 e. The summed E-state index contributed by atoms with van der Waals surface area (Å²) in [6, 6.07) is 0. The fourth-order valence-corrected chi connectivity index (χ4v) is 1.51. The minimum atomic E-state index is -0.475. The molecular formula is C11H21N3O2. The van der Waals surface area contributed by atoms with Gasteiger partial charge in [-0.3, -0.25) is 5.41 Å². The maximum atomic E-state index is 11.6. The predicted molar refractivity (Wildman–Crippen MR) is 61.8 cm³/mol. The molecule has 1 heterocycles. The second-order valence-electron chi connectivity index (χ2n) is 5.29. The van der Waals surface area contributed by atoms with Crippen molar-refractivity contribution in [2.45, 2.75) is 33.6 Å². The Morgan fingerprint density at radius 2 is 1.88 bits per heavy atom. The molecule has 1 aliphatic heterocycles. The first-order valence-corrected chi connectivity index (χ1v) is 5.62. The van der Waals surface area contributed by atoms with E-state index in [0.29, 0.717) is 13.1 Å². The summed E-state index contributed by atoms with van der Waals surface area (Å²) in [5.41, 5.74) is 4.97. The summed E-state index contributed by atoms with van der Waals surface area (Å²) in [4.78, 5) is 16.9. The molecule has 1 aliphatic rings. The molecule has 0 aromatic heterocycles. The van der Waals surface area contributed by atoms with Crippen LogP contribution >= 0.6 is 0 Å². The summed E-state index contributed by atoms with van der Waals surface area (Å²) in [6.45, 7) is 6.81.